The lowest BCUT2D eigenvalue weighted by Gasteiger charge is -2.08. The summed E-state index contributed by atoms with van der Waals surface area (Å²) in [6.45, 7) is 1.97. The molecule has 0 saturated carbocycles. The smallest absolute Gasteiger partial charge is 0.323 e. The molecule has 0 aromatic heterocycles. The van der Waals surface area contributed by atoms with Gasteiger partial charge in [0.15, 0.2) is 5.92 Å². The third-order valence-corrected chi connectivity index (χ3v) is 2.61. The van der Waals surface area contributed by atoms with E-state index in [4.69, 9.17) is 9.47 Å². The zero-order valence-electron chi connectivity index (χ0n) is 9.65. The van der Waals surface area contributed by atoms with Crippen molar-refractivity contribution >= 4 is 17.6 Å². The van der Waals surface area contributed by atoms with Crippen LogP contribution in [0.25, 0.3) is 0 Å². The summed E-state index contributed by atoms with van der Waals surface area (Å²) >= 11 is 0. The van der Waals surface area contributed by atoms with E-state index < -0.39 is 11.9 Å². The van der Waals surface area contributed by atoms with Crippen LogP contribution in [0.15, 0.2) is 18.2 Å². The van der Waals surface area contributed by atoms with Crippen LogP contribution in [0, 0.1) is 0 Å². The summed E-state index contributed by atoms with van der Waals surface area (Å²) < 4.78 is 9.93. The molecule has 90 valence electrons. The number of fused-ring (bicyclic) bond motifs is 1. The van der Waals surface area contributed by atoms with E-state index in [1.54, 1.807) is 32.2 Å². The van der Waals surface area contributed by atoms with E-state index in [0.29, 0.717) is 17.0 Å². The molecule has 1 heterocycles. The molecule has 0 bridgehead atoms. The summed E-state index contributed by atoms with van der Waals surface area (Å²) in [5.74, 6) is -1.11. The molecule has 1 aromatic carbocycles. The fourth-order valence-electron chi connectivity index (χ4n) is 1.83. The van der Waals surface area contributed by atoms with Gasteiger partial charge in [-0.15, -0.1) is 0 Å². The minimum Gasteiger partial charge on any atom is -0.497 e. The van der Waals surface area contributed by atoms with Gasteiger partial charge in [-0.05, 0) is 18.6 Å². The molecule has 1 amide bonds. The monoisotopic (exact) mass is 235 g/mol. The third kappa shape index (κ3) is 1.95. The summed E-state index contributed by atoms with van der Waals surface area (Å²) in [6, 6.07) is 5.10. The van der Waals surface area contributed by atoms with Gasteiger partial charge in [0.05, 0.1) is 13.7 Å². The Hall–Kier alpha value is -2.04. The van der Waals surface area contributed by atoms with Crippen molar-refractivity contribution in [2.24, 2.45) is 0 Å². The fourth-order valence-corrected chi connectivity index (χ4v) is 1.83. The maximum Gasteiger partial charge on any atom is 0.323 e. The van der Waals surface area contributed by atoms with Gasteiger partial charge in [0, 0.05) is 11.8 Å². The normalized spacial score (nSPS) is 17.3. The summed E-state index contributed by atoms with van der Waals surface area (Å²) in [5, 5.41) is 2.64. The van der Waals surface area contributed by atoms with E-state index in [0.717, 1.165) is 0 Å². The average molecular weight is 235 g/mol. The van der Waals surface area contributed by atoms with Gasteiger partial charge in [-0.2, -0.15) is 0 Å². The molecule has 0 aliphatic carbocycles. The first kappa shape index (κ1) is 11.4. The molecular weight excluding hydrogens is 222 g/mol. The first-order valence-corrected chi connectivity index (χ1v) is 5.32. The van der Waals surface area contributed by atoms with Crippen molar-refractivity contribution in [2.75, 3.05) is 19.0 Å². The number of anilines is 1. The van der Waals surface area contributed by atoms with Crippen LogP contribution >= 0.6 is 0 Å². The van der Waals surface area contributed by atoms with E-state index >= 15 is 0 Å². The number of esters is 1. The largest absolute Gasteiger partial charge is 0.497 e. The number of benzene rings is 1. The fraction of sp³-hybridized carbons (Fsp3) is 0.333. The average Bonchev–Trinajstić information content (AvgIpc) is 2.64. The number of amides is 1. The van der Waals surface area contributed by atoms with Crippen LogP contribution in [-0.2, 0) is 14.3 Å². The van der Waals surface area contributed by atoms with Crippen LogP contribution in [-0.4, -0.2) is 25.6 Å². The molecular formula is C12H13NO4. The first-order valence-electron chi connectivity index (χ1n) is 5.32. The Morgan fingerprint density at radius 2 is 2.24 bits per heavy atom. The second-order valence-corrected chi connectivity index (χ2v) is 3.63. The maximum absolute atomic E-state index is 11.7. The molecule has 1 aliphatic heterocycles. The highest BCUT2D eigenvalue weighted by Crippen LogP contribution is 2.35. The van der Waals surface area contributed by atoms with Crippen LogP contribution in [0.3, 0.4) is 0 Å². The molecule has 1 N–H and O–H groups in total. The lowest BCUT2D eigenvalue weighted by Crippen LogP contribution is -2.22. The number of hydrogen-bond donors (Lipinski definition) is 1. The Labute approximate surface area is 98.7 Å². The third-order valence-electron chi connectivity index (χ3n) is 2.61. The number of carbonyl (C=O) groups is 2. The van der Waals surface area contributed by atoms with Crippen molar-refractivity contribution < 1.29 is 19.1 Å². The number of carbonyl (C=O) groups excluding carboxylic acids is 2. The highest BCUT2D eigenvalue weighted by atomic mass is 16.5. The molecule has 0 fully saturated rings. The van der Waals surface area contributed by atoms with E-state index in [1.165, 1.54) is 0 Å². The lowest BCUT2D eigenvalue weighted by molar-refractivity contribution is -0.147. The standard InChI is InChI=1S/C12H13NO4/c1-3-17-12(15)10-8-5-4-7(16-2)6-9(8)13-11(10)14/h4-6,10H,3H2,1-2H3,(H,13,14)/t10-/m0/s1. The number of methoxy groups -OCH3 is 1. The van der Waals surface area contributed by atoms with Gasteiger partial charge in [0.1, 0.15) is 5.75 Å². The van der Waals surface area contributed by atoms with Crippen molar-refractivity contribution in [2.45, 2.75) is 12.8 Å². The Morgan fingerprint density at radius 1 is 1.47 bits per heavy atom. The molecule has 1 atom stereocenters. The summed E-state index contributed by atoms with van der Waals surface area (Å²) in [5.41, 5.74) is 1.24. The van der Waals surface area contributed by atoms with Crippen LogP contribution in [0.2, 0.25) is 0 Å². The molecule has 2 rings (SSSR count). The minimum atomic E-state index is -0.865. The van der Waals surface area contributed by atoms with E-state index in [1.807, 2.05) is 0 Å². The van der Waals surface area contributed by atoms with Crippen molar-refractivity contribution in [3.8, 4) is 5.75 Å². The number of nitrogens with one attached hydrogen (secondary N) is 1. The zero-order valence-corrected chi connectivity index (χ0v) is 9.65. The predicted octanol–water partition coefficient (Wildman–Crippen LogP) is 1.29. The summed E-state index contributed by atoms with van der Waals surface area (Å²) in [7, 11) is 1.54. The van der Waals surface area contributed by atoms with E-state index in [-0.39, 0.29) is 12.5 Å². The predicted molar refractivity (Wildman–Crippen MR) is 61.0 cm³/mol. The number of ether oxygens (including phenoxy) is 2. The Kier molecular flexibility index (Phi) is 2.99. The summed E-state index contributed by atoms with van der Waals surface area (Å²) in [6.07, 6.45) is 0. The molecule has 1 aliphatic rings. The maximum atomic E-state index is 11.7. The quantitative estimate of drug-likeness (QED) is 0.633. The highest BCUT2D eigenvalue weighted by Gasteiger charge is 2.37. The molecule has 17 heavy (non-hydrogen) atoms. The van der Waals surface area contributed by atoms with Gasteiger partial charge < -0.3 is 14.8 Å². The molecule has 0 saturated heterocycles. The minimum absolute atomic E-state index is 0.258. The van der Waals surface area contributed by atoms with E-state index in [9.17, 15) is 9.59 Å². The Morgan fingerprint density at radius 3 is 2.88 bits per heavy atom. The molecule has 5 nitrogen and oxygen atoms in total. The van der Waals surface area contributed by atoms with Crippen LogP contribution in [0.1, 0.15) is 18.4 Å². The van der Waals surface area contributed by atoms with Crippen LogP contribution in [0.4, 0.5) is 5.69 Å². The van der Waals surface area contributed by atoms with Crippen LogP contribution < -0.4 is 10.1 Å². The van der Waals surface area contributed by atoms with Gasteiger partial charge >= 0.3 is 5.97 Å². The van der Waals surface area contributed by atoms with Gasteiger partial charge in [0.2, 0.25) is 5.91 Å². The Bertz CT molecular complexity index is 470. The summed E-state index contributed by atoms with van der Waals surface area (Å²) in [4.78, 5) is 23.4. The molecule has 1 aromatic rings. The van der Waals surface area contributed by atoms with Gasteiger partial charge in [-0.3, -0.25) is 9.59 Å². The molecule has 0 spiro atoms. The van der Waals surface area contributed by atoms with Gasteiger partial charge in [0.25, 0.3) is 0 Å². The van der Waals surface area contributed by atoms with Crippen LogP contribution in [0.5, 0.6) is 5.75 Å². The van der Waals surface area contributed by atoms with E-state index in [2.05, 4.69) is 5.32 Å². The molecule has 0 unspecified atom stereocenters. The van der Waals surface area contributed by atoms with Crippen molar-refractivity contribution in [1.29, 1.82) is 0 Å². The second-order valence-electron chi connectivity index (χ2n) is 3.63. The first-order chi connectivity index (χ1) is 8.17. The lowest BCUT2D eigenvalue weighted by atomic mass is 10.0. The van der Waals surface area contributed by atoms with Crippen molar-refractivity contribution in [3.05, 3.63) is 23.8 Å². The number of rotatable bonds is 3. The Balaban J connectivity index is 2.34. The van der Waals surface area contributed by atoms with Gasteiger partial charge in [-0.25, -0.2) is 0 Å². The second kappa shape index (κ2) is 4.45. The number of hydrogen-bond acceptors (Lipinski definition) is 4. The molecule has 0 radical (unpaired) electrons. The highest BCUT2D eigenvalue weighted by molar-refractivity contribution is 6.15. The van der Waals surface area contributed by atoms with Crippen molar-refractivity contribution in [1.82, 2.24) is 0 Å². The zero-order chi connectivity index (χ0) is 12.4. The topological polar surface area (TPSA) is 64.6 Å². The molecule has 5 heteroatoms. The SMILES string of the molecule is CCOC(=O)[C@@H]1C(=O)Nc2cc(OC)ccc21. The van der Waals surface area contributed by atoms with Gasteiger partial charge in [-0.1, -0.05) is 6.07 Å². The van der Waals surface area contributed by atoms with Crippen molar-refractivity contribution in [3.63, 3.8) is 0 Å².